The van der Waals surface area contributed by atoms with E-state index < -0.39 is 6.04 Å². The molecule has 1 aromatic carbocycles. The lowest BCUT2D eigenvalue weighted by atomic mass is 10.00. The Hall–Kier alpha value is -3.81. The molecular formula is C23H22FN5O2. The first-order valence-corrected chi connectivity index (χ1v) is 9.98. The van der Waals surface area contributed by atoms with Crippen LogP contribution in [-0.2, 0) is 11.2 Å². The Morgan fingerprint density at radius 2 is 1.94 bits per heavy atom. The lowest BCUT2D eigenvalue weighted by molar-refractivity contribution is -0.121. The molecule has 0 fully saturated rings. The smallest absolute Gasteiger partial charge is 0.272 e. The molecule has 7 nitrogen and oxygen atoms in total. The zero-order valence-electron chi connectivity index (χ0n) is 17.2. The van der Waals surface area contributed by atoms with E-state index in [1.54, 1.807) is 24.4 Å². The maximum absolute atomic E-state index is 13.1. The third kappa shape index (κ3) is 4.53. The van der Waals surface area contributed by atoms with Crippen molar-refractivity contribution in [1.82, 2.24) is 24.9 Å². The predicted molar refractivity (Wildman–Crippen MR) is 115 cm³/mol. The number of fused-ring (bicyclic) bond motifs is 1. The lowest BCUT2D eigenvalue weighted by Gasteiger charge is -2.22. The van der Waals surface area contributed by atoms with Crippen molar-refractivity contribution in [1.29, 1.82) is 0 Å². The summed E-state index contributed by atoms with van der Waals surface area (Å²) < 4.78 is 14.4. The molecule has 1 amide bonds. The van der Waals surface area contributed by atoms with Gasteiger partial charge in [-0.15, -0.1) is 0 Å². The van der Waals surface area contributed by atoms with Gasteiger partial charge in [-0.05, 0) is 35.7 Å². The number of halogens is 1. The Kier molecular flexibility index (Phi) is 5.62. The third-order valence-corrected chi connectivity index (χ3v) is 4.99. The van der Waals surface area contributed by atoms with Gasteiger partial charge in [0.2, 0.25) is 5.91 Å². The van der Waals surface area contributed by atoms with E-state index in [4.69, 9.17) is 0 Å². The number of amides is 1. The number of nitrogens with one attached hydrogen (secondary N) is 2. The molecule has 0 aliphatic carbocycles. The van der Waals surface area contributed by atoms with E-state index in [0.29, 0.717) is 28.3 Å². The van der Waals surface area contributed by atoms with Crippen molar-refractivity contribution in [2.75, 3.05) is 0 Å². The largest absolute Gasteiger partial charge is 0.347 e. The highest BCUT2D eigenvalue weighted by Gasteiger charge is 2.22. The van der Waals surface area contributed by atoms with Crippen LogP contribution >= 0.6 is 0 Å². The van der Waals surface area contributed by atoms with Gasteiger partial charge in [0, 0.05) is 18.3 Å². The molecular weight excluding hydrogens is 397 g/mol. The summed E-state index contributed by atoms with van der Waals surface area (Å²) in [7, 11) is 0. The molecule has 0 aliphatic rings. The third-order valence-electron chi connectivity index (χ3n) is 4.99. The van der Waals surface area contributed by atoms with Crippen LogP contribution in [0.2, 0.25) is 0 Å². The molecule has 0 radical (unpaired) electrons. The zero-order valence-corrected chi connectivity index (χ0v) is 17.2. The maximum atomic E-state index is 13.1. The van der Waals surface area contributed by atoms with Crippen LogP contribution in [0.3, 0.4) is 0 Å². The lowest BCUT2D eigenvalue weighted by Crippen LogP contribution is -2.34. The number of hydrogen-bond donors (Lipinski definition) is 2. The van der Waals surface area contributed by atoms with Gasteiger partial charge in [-0.3, -0.25) is 19.7 Å². The van der Waals surface area contributed by atoms with Gasteiger partial charge in [0.05, 0.1) is 29.5 Å². The average Bonchev–Trinajstić information content (AvgIpc) is 3.19. The van der Waals surface area contributed by atoms with E-state index in [1.165, 1.54) is 22.7 Å². The molecule has 158 valence electrons. The number of carbonyl (C=O) groups excluding carboxylic acids is 1. The van der Waals surface area contributed by atoms with Gasteiger partial charge in [-0.25, -0.2) is 13.9 Å². The van der Waals surface area contributed by atoms with Crippen LogP contribution in [0.4, 0.5) is 4.39 Å². The van der Waals surface area contributed by atoms with Crippen molar-refractivity contribution in [2.45, 2.75) is 26.3 Å². The van der Waals surface area contributed by atoms with Gasteiger partial charge >= 0.3 is 0 Å². The molecule has 4 aromatic rings. The van der Waals surface area contributed by atoms with Gasteiger partial charge in [0.1, 0.15) is 5.82 Å². The minimum atomic E-state index is -0.446. The first-order chi connectivity index (χ1) is 14.9. The number of carbonyl (C=O) groups is 1. The summed E-state index contributed by atoms with van der Waals surface area (Å²) >= 11 is 0. The van der Waals surface area contributed by atoms with Gasteiger partial charge < -0.3 is 5.32 Å². The number of pyridine rings is 1. The molecule has 4 rings (SSSR count). The second-order valence-corrected chi connectivity index (χ2v) is 7.69. The van der Waals surface area contributed by atoms with Crippen LogP contribution in [0.5, 0.6) is 0 Å². The summed E-state index contributed by atoms with van der Waals surface area (Å²) in [5.41, 5.74) is 2.72. The average molecular weight is 419 g/mol. The Balaban J connectivity index is 1.61. The summed E-state index contributed by atoms with van der Waals surface area (Å²) in [5.74, 6) is -0.574. The van der Waals surface area contributed by atoms with Gasteiger partial charge in [0.25, 0.3) is 5.56 Å². The fraction of sp³-hybridized carbons (Fsp3) is 0.217. The summed E-state index contributed by atoms with van der Waals surface area (Å²) in [6.45, 7) is 3.89. The highest BCUT2D eigenvalue weighted by molar-refractivity contribution is 5.79. The van der Waals surface area contributed by atoms with Crippen LogP contribution in [0, 0.1) is 11.7 Å². The first kappa shape index (κ1) is 20.5. The first-order valence-electron chi connectivity index (χ1n) is 9.98. The van der Waals surface area contributed by atoms with E-state index in [9.17, 15) is 14.0 Å². The van der Waals surface area contributed by atoms with Gasteiger partial charge in [-0.1, -0.05) is 32.0 Å². The highest BCUT2D eigenvalue weighted by atomic mass is 19.1. The van der Waals surface area contributed by atoms with Crippen molar-refractivity contribution in [2.24, 2.45) is 5.92 Å². The quantitative estimate of drug-likeness (QED) is 0.502. The van der Waals surface area contributed by atoms with E-state index in [-0.39, 0.29) is 29.6 Å². The fourth-order valence-electron chi connectivity index (χ4n) is 3.42. The number of aromatic amines is 1. The SMILES string of the molecule is CC(C)C(NC(=O)Cc1ccc(F)cc1)c1cc(=O)n2[nH]c(-c3ccccn3)cc2n1. The second-order valence-electron chi connectivity index (χ2n) is 7.69. The molecule has 3 heterocycles. The van der Waals surface area contributed by atoms with Crippen molar-refractivity contribution in [3.8, 4) is 11.4 Å². The Bertz CT molecular complexity index is 1260. The van der Waals surface area contributed by atoms with E-state index in [0.717, 1.165) is 0 Å². The maximum Gasteiger partial charge on any atom is 0.272 e. The van der Waals surface area contributed by atoms with E-state index >= 15 is 0 Å². The van der Waals surface area contributed by atoms with Crippen LogP contribution in [0.25, 0.3) is 17.0 Å². The van der Waals surface area contributed by atoms with Gasteiger partial charge in [-0.2, -0.15) is 0 Å². The molecule has 3 aromatic heterocycles. The molecule has 31 heavy (non-hydrogen) atoms. The van der Waals surface area contributed by atoms with Crippen molar-refractivity contribution in [3.63, 3.8) is 0 Å². The molecule has 0 saturated carbocycles. The predicted octanol–water partition coefficient (Wildman–Crippen LogP) is 3.28. The zero-order chi connectivity index (χ0) is 22.0. The van der Waals surface area contributed by atoms with E-state index in [1.807, 2.05) is 32.0 Å². The molecule has 1 atom stereocenters. The number of benzene rings is 1. The monoisotopic (exact) mass is 419 g/mol. The molecule has 0 aliphatic heterocycles. The normalized spacial score (nSPS) is 12.3. The van der Waals surface area contributed by atoms with Crippen LogP contribution in [-0.4, -0.2) is 25.5 Å². The second kappa shape index (κ2) is 8.51. The molecule has 1 unspecified atom stereocenters. The number of hydrogen-bond acceptors (Lipinski definition) is 4. The minimum absolute atomic E-state index is 0.000667. The van der Waals surface area contributed by atoms with Crippen LogP contribution in [0.1, 0.15) is 31.1 Å². The molecule has 0 saturated heterocycles. The summed E-state index contributed by atoms with van der Waals surface area (Å²) in [6, 6.07) is 14.1. The molecule has 0 bridgehead atoms. The summed E-state index contributed by atoms with van der Waals surface area (Å²) in [5, 5.41) is 5.98. The highest BCUT2D eigenvalue weighted by Crippen LogP contribution is 2.21. The molecule has 0 spiro atoms. The fourth-order valence-corrected chi connectivity index (χ4v) is 3.42. The molecule has 8 heteroatoms. The van der Waals surface area contributed by atoms with Gasteiger partial charge in [0.15, 0.2) is 5.65 Å². The molecule has 2 N–H and O–H groups in total. The van der Waals surface area contributed by atoms with Crippen molar-refractivity contribution < 1.29 is 9.18 Å². The Morgan fingerprint density at radius 1 is 1.16 bits per heavy atom. The number of nitrogens with zero attached hydrogens (tertiary/aromatic N) is 3. The standard InChI is InChI=1S/C23H22FN5O2/c1-14(2)23(27-21(30)11-15-6-8-16(24)9-7-15)19-13-22(31)29-20(26-19)12-18(28-29)17-5-3-4-10-25-17/h3-10,12-14,23,28H,11H2,1-2H3,(H,27,30). The number of aromatic nitrogens is 4. The topological polar surface area (TPSA) is 92.2 Å². The summed E-state index contributed by atoms with van der Waals surface area (Å²) in [4.78, 5) is 34.2. The Labute approximate surface area is 178 Å². The van der Waals surface area contributed by atoms with Crippen molar-refractivity contribution >= 4 is 11.6 Å². The summed E-state index contributed by atoms with van der Waals surface area (Å²) in [6.07, 6.45) is 1.78. The minimum Gasteiger partial charge on any atom is -0.347 e. The van der Waals surface area contributed by atoms with Crippen LogP contribution in [0.15, 0.2) is 65.6 Å². The Morgan fingerprint density at radius 3 is 2.61 bits per heavy atom. The van der Waals surface area contributed by atoms with Crippen molar-refractivity contribution in [3.05, 3.63) is 88.2 Å². The number of rotatable bonds is 6. The van der Waals surface area contributed by atoms with Crippen LogP contribution < -0.4 is 10.9 Å². The number of H-pyrrole nitrogens is 1. The van der Waals surface area contributed by atoms with E-state index in [2.05, 4.69) is 20.4 Å².